The van der Waals surface area contributed by atoms with Gasteiger partial charge in [0.05, 0.1) is 19.8 Å². The molecule has 0 aromatic carbocycles. The Morgan fingerprint density at radius 3 is 2.53 bits per heavy atom. The molecule has 0 spiro atoms. The predicted molar refractivity (Wildman–Crippen MR) is 52.1 cm³/mol. The molecule has 87 valence electrons. The van der Waals surface area contributed by atoms with E-state index in [-0.39, 0.29) is 19.1 Å². The van der Waals surface area contributed by atoms with E-state index in [2.05, 4.69) is 11.7 Å². The van der Waals surface area contributed by atoms with E-state index in [9.17, 15) is 4.79 Å². The molecule has 1 saturated heterocycles. The van der Waals surface area contributed by atoms with Crippen molar-refractivity contribution in [3.63, 3.8) is 0 Å². The lowest BCUT2D eigenvalue weighted by Gasteiger charge is -2.34. The highest BCUT2D eigenvalue weighted by molar-refractivity contribution is 5.59. The fourth-order valence-corrected chi connectivity index (χ4v) is 1.13. The van der Waals surface area contributed by atoms with E-state index in [1.807, 2.05) is 13.8 Å². The van der Waals surface area contributed by atoms with Gasteiger partial charge in [0.15, 0.2) is 5.79 Å². The van der Waals surface area contributed by atoms with Crippen LogP contribution in [0.3, 0.4) is 0 Å². The highest BCUT2D eigenvalue weighted by Gasteiger charge is 2.28. The summed E-state index contributed by atoms with van der Waals surface area (Å²) in [5.41, 5.74) is 0. The van der Waals surface area contributed by atoms with Gasteiger partial charge in [0.1, 0.15) is 6.61 Å². The Bertz CT molecular complexity index is 204. The van der Waals surface area contributed by atoms with E-state index in [4.69, 9.17) is 14.2 Å². The van der Waals surface area contributed by atoms with Crippen LogP contribution in [-0.4, -0.2) is 38.4 Å². The van der Waals surface area contributed by atoms with Crippen LogP contribution in [0.4, 0.5) is 4.79 Å². The average molecular weight is 217 g/mol. The van der Waals surface area contributed by atoms with Gasteiger partial charge in [-0.1, -0.05) is 0 Å². The van der Waals surface area contributed by atoms with Crippen LogP contribution in [0.25, 0.3) is 0 Å². The van der Waals surface area contributed by atoms with Crippen LogP contribution >= 0.6 is 0 Å². The summed E-state index contributed by atoms with van der Waals surface area (Å²) in [6, 6.07) is 0. The van der Waals surface area contributed by atoms with E-state index >= 15 is 0 Å². The molecule has 1 heterocycles. The third-order valence-electron chi connectivity index (χ3n) is 1.99. The van der Waals surface area contributed by atoms with Crippen molar-refractivity contribution in [2.75, 3.05) is 26.4 Å². The lowest BCUT2D eigenvalue weighted by Crippen LogP contribution is -2.41. The van der Waals surface area contributed by atoms with Crippen LogP contribution < -0.4 is 0 Å². The first kappa shape index (κ1) is 12.3. The second-order valence-electron chi connectivity index (χ2n) is 3.80. The minimum absolute atomic E-state index is 0.0652. The summed E-state index contributed by atoms with van der Waals surface area (Å²) in [5.74, 6) is -0.472. The SMILES string of the molecule is [CH2]COC(=O)OCC1COC(C)(C)OC1. The van der Waals surface area contributed by atoms with Crippen molar-refractivity contribution in [3.8, 4) is 0 Å². The number of carbonyl (C=O) groups excluding carboxylic acids is 1. The van der Waals surface area contributed by atoms with Crippen LogP contribution in [0, 0.1) is 12.8 Å². The van der Waals surface area contributed by atoms with Crippen molar-refractivity contribution in [1.29, 1.82) is 0 Å². The molecule has 1 rings (SSSR count). The topological polar surface area (TPSA) is 54.0 Å². The molecule has 0 atom stereocenters. The molecule has 0 bridgehead atoms. The second-order valence-corrected chi connectivity index (χ2v) is 3.80. The van der Waals surface area contributed by atoms with Crippen LogP contribution in [0.5, 0.6) is 0 Å². The van der Waals surface area contributed by atoms with Gasteiger partial charge in [0, 0.05) is 5.92 Å². The molecule has 0 aliphatic carbocycles. The van der Waals surface area contributed by atoms with Crippen molar-refractivity contribution < 1.29 is 23.7 Å². The highest BCUT2D eigenvalue weighted by Crippen LogP contribution is 2.20. The van der Waals surface area contributed by atoms with Gasteiger partial charge in [-0.2, -0.15) is 0 Å². The lowest BCUT2D eigenvalue weighted by molar-refractivity contribution is -0.265. The van der Waals surface area contributed by atoms with Gasteiger partial charge in [-0.3, -0.25) is 0 Å². The zero-order chi connectivity index (χ0) is 11.3. The number of rotatable bonds is 3. The summed E-state index contributed by atoms with van der Waals surface area (Å²) in [4.78, 5) is 10.8. The van der Waals surface area contributed by atoms with Crippen molar-refractivity contribution in [2.24, 2.45) is 5.92 Å². The van der Waals surface area contributed by atoms with Gasteiger partial charge in [-0.25, -0.2) is 4.79 Å². The monoisotopic (exact) mass is 217 g/mol. The predicted octanol–water partition coefficient (Wildman–Crippen LogP) is 1.37. The molecule has 0 aromatic heterocycles. The molecule has 0 amide bonds. The third kappa shape index (κ3) is 4.48. The van der Waals surface area contributed by atoms with Crippen LogP contribution in [-0.2, 0) is 18.9 Å². The van der Waals surface area contributed by atoms with Gasteiger partial charge in [-0.05, 0) is 20.8 Å². The molecule has 5 nitrogen and oxygen atoms in total. The summed E-state index contributed by atoms with van der Waals surface area (Å²) in [6.07, 6.45) is -0.699. The summed E-state index contributed by atoms with van der Waals surface area (Å²) in [5, 5.41) is 0. The molecule has 0 N–H and O–H groups in total. The van der Waals surface area contributed by atoms with Gasteiger partial charge in [-0.15, -0.1) is 0 Å². The first-order valence-corrected chi connectivity index (χ1v) is 4.90. The summed E-state index contributed by atoms with van der Waals surface area (Å²) in [7, 11) is 0. The van der Waals surface area contributed by atoms with Gasteiger partial charge in [0.25, 0.3) is 0 Å². The Hall–Kier alpha value is -0.810. The highest BCUT2D eigenvalue weighted by atomic mass is 16.7. The average Bonchev–Trinajstić information content (AvgIpc) is 2.17. The van der Waals surface area contributed by atoms with Crippen molar-refractivity contribution >= 4 is 6.16 Å². The molecular formula is C10H17O5. The molecule has 5 heteroatoms. The van der Waals surface area contributed by atoms with E-state index in [0.717, 1.165) is 0 Å². The lowest BCUT2D eigenvalue weighted by atomic mass is 10.1. The Labute approximate surface area is 89.6 Å². The molecular weight excluding hydrogens is 200 g/mol. The number of hydrogen-bond acceptors (Lipinski definition) is 5. The maximum absolute atomic E-state index is 10.8. The second kappa shape index (κ2) is 5.32. The van der Waals surface area contributed by atoms with E-state index in [1.165, 1.54) is 0 Å². The van der Waals surface area contributed by atoms with E-state index in [1.54, 1.807) is 0 Å². The van der Waals surface area contributed by atoms with Crippen LogP contribution in [0.15, 0.2) is 0 Å². The maximum Gasteiger partial charge on any atom is 0.508 e. The standard InChI is InChI=1S/C10H17O5/c1-4-12-9(11)13-5-8-6-14-10(2,3)15-7-8/h8H,1,4-7H2,2-3H3. The third-order valence-corrected chi connectivity index (χ3v) is 1.99. The van der Waals surface area contributed by atoms with E-state index < -0.39 is 11.9 Å². The quantitative estimate of drug-likeness (QED) is 0.668. The Kier molecular flexibility index (Phi) is 4.35. The molecule has 1 aliphatic rings. The van der Waals surface area contributed by atoms with Crippen LogP contribution in [0.1, 0.15) is 13.8 Å². The molecule has 0 aromatic rings. The normalized spacial score (nSPS) is 21.0. The summed E-state index contributed by atoms with van der Waals surface area (Å²) >= 11 is 0. The first-order valence-electron chi connectivity index (χ1n) is 4.90. The maximum atomic E-state index is 10.8. The fraction of sp³-hybridized carbons (Fsp3) is 0.800. The van der Waals surface area contributed by atoms with Gasteiger partial charge < -0.3 is 18.9 Å². The molecule has 1 aliphatic heterocycles. The fourth-order valence-electron chi connectivity index (χ4n) is 1.13. The number of hydrogen-bond donors (Lipinski definition) is 0. The van der Waals surface area contributed by atoms with Gasteiger partial charge >= 0.3 is 6.16 Å². The minimum atomic E-state index is -0.699. The largest absolute Gasteiger partial charge is 0.508 e. The minimum Gasteiger partial charge on any atom is -0.434 e. The van der Waals surface area contributed by atoms with Gasteiger partial charge in [0.2, 0.25) is 0 Å². The van der Waals surface area contributed by atoms with Crippen molar-refractivity contribution in [2.45, 2.75) is 19.6 Å². The smallest absolute Gasteiger partial charge is 0.434 e. The molecule has 0 saturated carbocycles. The van der Waals surface area contributed by atoms with Crippen molar-refractivity contribution in [3.05, 3.63) is 6.92 Å². The zero-order valence-electron chi connectivity index (χ0n) is 9.15. The molecule has 0 unspecified atom stereocenters. The molecule has 15 heavy (non-hydrogen) atoms. The number of carbonyl (C=O) groups is 1. The number of ether oxygens (including phenoxy) is 4. The Morgan fingerprint density at radius 1 is 1.40 bits per heavy atom. The Balaban J connectivity index is 2.16. The summed E-state index contributed by atoms with van der Waals surface area (Å²) in [6.45, 7) is 8.42. The molecule has 1 fully saturated rings. The zero-order valence-corrected chi connectivity index (χ0v) is 9.15. The van der Waals surface area contributed by atoms with Crippen molar-refractivity contribution in [1.82, 2.24) is 0 Å². The summed E-state index contributed by atoms with van der Waals surface area (Å²) < 4.78 is 20.2. The first-order chi connectivity index (χ1) is 7.03. The molecule has 1 radical (unpaired) electrons. The van der Waals surface area contributed by atoms with E-state index in [0.29, 0.717) is 13.2 Å². The van der Waals surface area contributed by atoms with Crippen LogP contribution in [0.2, 0.25) is 0 Å². The Morgan fingerprint density at radius 2 is 2.00 bits per heavy atom.